The minimum atomic E-state index is 0.887. The van der Waals surface area contributed by atoms with E-state index in [0.29, 0.717) is 0 Å². The van der Waals surface area contributed by atoms with Crippen molar-refractivity contribution in [3.05, 3.63) is 182 Å². The molecule has 0 unspecified atom stereocenters. The van der Waals surface area contributed by atoms with Gasteiger partial charge in [-0.05, 0) is 105 Å². The first-order valence-electron chi connectivity index (χ1n) is 17.4. The topological polar surface area (TPSA) is 21.3 Å². The predicted octanol–water partition coefficient (Wildman–Crippen LogP) is 13.6. The molecule has 3 heteroatoms. The molecule has 51 heavy (non-hydrogen) atoms. The van der Waals surface area contributed by atoms with E-state index in [1.54, 1.807) is 0 Å². The monoisotopic (exact) mass is 650 g/mol. The Morgan fingerprint density at radius 2 is 0.941 bits per heavy atom. The Balaban J connectivity index is 1.17. The van der Waals surface area contributed by atoms with Crippen molar-refractivity contribution in [2.24, 2.45) is 0 Å². The third-order valence-corrected chi connectivity index (χ3v) is 10.5. The zero-order valence-corrected chi connectivity index (χ0v) is 27.6. The Morgan fingerprint density at radius 1 is 0.353 bits per heavy atom. The molecule has 3 nitrogen and oxygen atoms in total. The molecule has 2 heterocycles. The zero-order valence-electron chi connectivity index (χ0n) is 27.6. The van der Waals surface area contributed by atoms with Gasteiger partial charge in [0.05, 0.1) is 11.0 Å². The summed E-state index contributed by atoms with van der Waals surface area (Å²) >= 11 is 0. The molecule has 0 fully saturated rings. The van der Waals surface area contributed by atoms with Crippen LogP contribution >= 0.6 is 0 Å². The summed E-state index contributed by atoms with van der Waals surface area (Å²) in [4.78, 5) is 2.39. The molecular weight excluding hydrogens is 621 g/mol. The number of nitrogens with zero attached hydrogens (tertiary/aromatic N) is 2. The molecule has 0 radical (unpaired) electrons. The van der Waals surface area contributed by atoms with Crippen LogP contribution in [-0.2, 0) is 0 Å². The van der Waals surface area contributed by atoms with Gasteiger partial charge in [-0.25, -0.2) is 0 Å². The van der Waals surface area contributed by atoms with E-state index in [1.165, 1.54) is 54.1 Å². The van der Waals surface area contributed by atoms with Gasteiger partial charge in [0.2, 0.25) is 0 Å². The molecule has 238 valence electrons. The Bertz CT molecular complexity index is 3150. The number of benzene rings is 9. The summed E-state index contributed by atoms with van der Waals surface area (Å²) in [6.07, 6.45) is 0. The lowest BCUT2D eigenvalue weighted by atomic mass is 9.96. The average molecular weight is 651 g/mol. The molecule has 2 aromatic heterocycles. The van der Waals surface area contributed by atoms with E-state index in [2.05, 4.69) is 179 Å². The second-order valence-electron chi connectivity index (χ2n) is 13.4. The van der Waals surface area contributed by atoms with Gasteiger partial charge in [0.15, 0.2) is 0 Å². The molecule has 0 atom stereocenters. The molecule has 0 saturated heterocycles. The summed E-state index contributed by atoms with van der Waals surface area (Å²) < 4.78 is 8.63. The van der Waals surface area contributed by atoms with Gasteiger partial charge in [0, 0.05) is 44.3 Å². The van der Waals surface area contributed by atoms with Crippen molar-refractivity contribution >= 4 is 93.1 Å². The normalized spacial score (nSPS) is 11.9. The Hall–Kier alpha value is -6.84. The highest BCUT2D eigenvalue weighted by molar-refractivity contribution is 6.20. The van der Waals surface area contributed by atoms with Crippen LogP contribution in [0.5, 0.6) is 0 Å². The van der Waals surface area contributed by atoms with Gasteiger partial charge in [-0.2, -0.15) is 0 Å². The maximum Gasteiger partial charge on any atom is 0.135 e. The molecule has 0 amide bonds. The smallest absolute Gasteiger partial charge is 0.135 e. The van der Waals surface area contributed by atoms with Crippen molar-refractivity contribution in [2.45, 2.75) is 0 Å². The lowest BCUT2D eigenvalue weighted by Gasteiger charge is -2.26. The highest BCUT2D eigenvalue weighted by Gasteiger charge is 2.19. The minimum absolute atomic E-state index is 0.887. The van der Waals surface area contributed by atoms with Crippen LogP contribution in [0.4, 0.5) is 17.1 Å². The van der Waals surface area contributed by atoms with E-state index < -0.39 is 0 Å². The van der Waals surface area contributed by atoms with Gasteiger partial charge < -0.3 is 13.9 Å². The molecular formula is C48H30N2O. The van der Waals surface area contributed by atoms with Crippen molar-refractivity contribution in [1.82, 2.24) is 4.57 Å². The molecule has 11 aromatic rings. The maximum absolute atomic E-state index is 6.26. The fraction of sp³-hybridized carbons (Fsp3) is 0. The van der Waals surface area contributed by atoms with Crippen molar-refractivity contribution in [3.8, 4) is 5.69 Å². The van der Waals surface area contributed by atoms with E-state index >= 15 is 0 Å². The van der Waals surface area contributed by atoms with Gasteiger partial charge in [0.25, 0.3) is 0 Å². The molecule has 0 aliphatic heterocycles. The molecule has 0 spiro atoms. The first kappa shape index (κ1) is 28.0. The highest BCUT2D eigenvalue weighted by atomic mass is 16.3. The second-order valence-corrected chi connectivity index (χ2v) is 13.4. The lowest BCUT2D eigenvalue weighted by Crippen LogP contribution is -2.10. The Labute approximate surface area is 293 Å². The van der Waals surface area contributed by atoms with Crippen molar-refractivity contribution in [2.75, 3.05) is 4.90 Å². The van der Waals surface area contributed by atoms with Crippen LogP contribution in [0.1, 0.15) is 0 Å². The van der Waals surface area contributed by atoms with E-state index in [1.807, 2.05) is 12.1 Å². The Kier molecular flexibility index (Phi) is 5.96. The van der Waals surface area contributed by atoms with Crippen molar-refractivity contribution in [3.63, 3.8) is 0 Å². The summed E-state index contributed by atoms with van der Waals surface area (Å²) in [6.45, 7) is 0. The summed E-state index contributed by atoms with van der Waals surface area (Å²) in [7, 11) is 0. The molecule has 0 aliphatic carbocycles. The van der Waals surface area contributed by atoms with E-state index in [4.69, 9.17) is 4.42 Å². The van der Waals surface area contributed by atoms with Crippen LogP contribution in [0, 0.1) is 0 Å². The van der Waals surface area contributed by atoms with Gasteiger partial charge >= 0.3 is 0 Å². The number of fused-ring (bicyclic) bond motifs is 11. The zero-order chi connectivity index (χ0) is 33.5. The number of aromatic nitrogens is 1. The fourth-order valence-electron chi connectivity index (χ4n) is 8.22. The fourth-order valence-corrected chi connectivity index (χ4v) is 8.22. The summed E-state index contributed by atoms with van der Waals surface area (Å²) in [5.74, 6) is 0. The van der Waals surface area contributed by atoms with Crippen molar-refractivity contribution < 1.29 is 4.42 Å². The van der Waals surface area contributed by atoms with E-state index in [0.717, 1.165) is 44.7 Å². The van der Waals surface area contributed by atoms with Crippen LogP contribution in [0.3, 0.4) is 0 Å². The summed E-state index contributed by atoms with van der Waals surface area (Å²) in [6, 6.07) is 65.7. The number of hydrogen-bond donors (Lipinski definition) is 0. The standard InChI is InChI=1S/C48H30N2O/c1-2-11-34(12-3-1)50-44-16-8-6-14-40(44)42-29-36(23-26-45(42)50)49(37-24-27-47-43(30-37)41-15-7-9-17-46(41)51-47)35-22-25-39-33(28-35)21-20-32-19-18-31-10-4-5-13-38(31)48(32)39/h1-30H. The Morgan fingerprint density at radius 3 is 1.82 bits per heavy atom. The average Bonchev–Trinajstić information content (AvgIpc) is 3.73. The molecule has 11 rings (SSSR count). The van der Waals surface area contributed by atoms with Crippen LogP contribution in [0.15, 0.2) is 186 Å². The molecule has 9 aromatic carbocycles. The first-order chi connectivity index (χ1) is 25.3. The summed E-state index contributed by atoms with van der Waals surface area (Å²) in [5.41, 5.74) is 8.58. The molecule has 0 bridgehead atoms. The van der Waals surface area contributed by atoms with E-state index in [-0.39, 0.29) is 0 Å². The van der Waals surface area contributed by atoms with Gasteiger partial charge in [-0.1, -0.05) is 109 Å². The van der Waals surface area contributed by atoms with Crippen molar-refractivity contribution in [1.29, 1.82) is 0 Å². The molecule has 0 N–H and O–H groups in total. The third kappa shape index (κ3) is 4.25. The van der Waals surface area contributed by atoms with Gasteiger partial charge in [-0.15, -0.1) is 0 Å². The first-order valence-corrected chi connectivity index (χ1v) is 17.4. The van der Waals surface area contributed by atoms with Gasteiger partial charge in [-0.3, -0.25) is 0 Å². The lowest BCUT2D eigenvalue weighted by molar-refractivity contribution is 0.669. The minimum Gasteiger partial charge on any atom is -0.456 e. The van der Waals surface area contributed by atoms with Crippen LogP contribution < -0.4 is 4.90 Å². The molecule has 0 saturated carbocycles. The van der Waals surface area contributed by atoms with Crippen LogP contribution in [-0.4, -0.2) is 4.57 Å². The van der Waals surface area contributed by atoms with Gasteiger partial charge in [0.1, 0.15) is 11.2 Å². The maximum atomic E-state index is 6.26. The second kappa shape index (κ2) is 10.8. The predicted molar refractivity (Wildman–Crippen MR) is 215 cm³/mol. The van der Waals surface area contributed by atoms with Crippen LogP contribution in [0.25, 0.3) is 81.7 Å². The van der Waals surface area contributed by atoms with Crippen LogP contribution in [0.2, 0.25) is 0 Å². The number of anilines is 3. The number of furan rings is 1. The molecule has 0 aliphatic rings. The third-order valence-electron chi connectivity index (χ3n) is 10.5. The summed E-state index contributed by atoms with van der Waals surface area (Å²) in [5, 5.41) is 12.2. The SMILES string of the molecule is c1ccc(-n2c3ccccc3c3cc(N(c4ccc5c(ccc6ccc7ccccc7c65)c4)c4ccc5oc6ccccc6c5c4)ccc32)cc1. The van der Waals surface area contributed by atoms with E-state index in [9.17, 15) is 0 Å². The quantitative estimate of drug-likeness (QED) is 0.177. The number of hydrogen-bond acceptors (Lipinski definition) is 2. The highest BCUT2D eigenvalue weighted by Crippen LogP contribution is 2.43. The number of rotatable bonds is 4. The largest absolute Gasteiger partial charge is 0.456 e. The number of para-hydroxylation sites is 3.